The van der Waals surface area contributed by atoms with Crippen molar-refractivity contribution in [2.45, 2.75) is 58.3 Å². The maximum atomic E-state index is 4.72. The molecule has 1 aliphatic carbocycles. The minimum absolute atomic E-state index is 0.575. The molecule has 1 aromatic heterocycles. The first-order valence-corrected chi connectivity index (χ1v) is 7.32. The number of nitrogens with zero attached hydrogens (tertiary/aromatic N) is 2. The minimum atomic E-state index is 0.575. The van der Waals surface area contributed by atoms with Crippen LogP contribution in [0.2, 0.25) is 0 Å². The molecule has 0 aliphatic heterocycles. The van der Waals surface area contributed by atoms with E-state index in [0.717, 1.165) is 29.7 Å². The van der Waals surface area contributed by atoms with E-state index in [1.54, 1.807) is 0 Å². The van der Waals surface area contributed by atoms with Crippen LogP contribution in [0.1, 0.15) is 63.4 Å². The molecule has 1 aliphatic rings. The van der Waals surface area contributed by atoms with Crippen molar-refractivity contribution < 1.29 is 0 Å². The van der Waals surface area contributed by atoms with Crippen LogP contribution in [0.15, 0.2) is 6.07 Å². The van der Waals surface area contributed by atoms with Crippen molar-refractivity contribution in [2.75, 3.05) is 12.4 Å². The molecule has 0 bridgehead atoms. The lowest BCUT2D eigenvalue weighted by molar-refractivity contribution is 0.312. The molecule has 1 N–H and O–H groups in total. The molecule has 0 amide bonds. The van der Waals surface area contributed by atoms with Gasteiger partial charge in [0.2, 0.25) is 0 Å². The van der Waals surface area contributed by atoms with E-state index in [-0.39, 0.29) is 0 Å². The number of rotatable bonds is 4. The molecule has 1 aromatic rings. The number of aromatic nitrogens is 2. The highest BCUT2D eigenvalue weighted by Crippen LogP contribution is 2.35. The molecule has 3 nitrogen and oxygen atoms in total. The van der Waals surface area contributed by atoms with Gasteiger partial charge in [-0.3, -0.25) is 0 Å². The zero-order chi connectivity index (χ0) is 13.0. The Bertz CT molecular complexity index is 359. The van der Waals surface area contributed by atoms with Crippen LogP contribution in [0, 0.1) is 5.92 Å². The number of nitrogens with one attached hydrogen (secondary N) is 1. The lowest BCUT2D eigenvalue weighted by atomic mass is 9.80. The summed E-state index contributed by atoms with van der Waals surface area (Å²) in [6.07, 6.45) is 7.51. The van der Waals surface area contributed by atoms with Gasteiger partial charge in [-0.1, -0.05) is 20.3 Å². The summed E-state index contributed by atoms with van der Waals surface area (Å²) < 4.78 is 0. The van der Waals surface area contributed by atoms with Crippen LogP contribution in [0.3, 0.4) is 0 Å². The van der Waals surface area contributed by atoms with Gasteiger partial charge in [0, 0.05) is 24.7 Å². The Kier molecular flexibility index (Phi) is 4.56. The Hall–Kier alpha value is -1.12. The highest BCUT2D eigenvalue weighted by atomic mass is 15.0. The Balaban J connectivity index is 2.13. The second-order valence-corrected chi connectivity index (χ2v) is 5.33. The Morgan fingerprint density at radius 2 is 1.89 bits per heavy atom. The van der Waals surface area contributed by atoms with Crippen LogP contribution in [0.25, 0.3) is 0 Å². The second-order valence-electron chi connectivity index (χ2n) is 5.33. The van der Waals surface area contributed by atoms with E-state index in [9.17, 15) is 0 Å². The van der Waals surface area contributed by atoms with E-state index < -0.39 is 0 Å². The summed E-state index contributed by atoms with van der Waals surface area (Å²) >= 11 is 0. The van der Waals surface area contributed by atoms with E-state index in [1.165, 1.54) is 32.1 Å². The van der Waals surface area contributed by atoms with E-state index in [1.807, 2.05) is 7.05 Å². The van der Waals surface area contributed by atoms with E-state index in [0.29, 0.717) is 5.92 Å². The van der Waals surface area contributed by atoms with Crippen molar-refractivity contribution in [3.8, 4) is 0 Å². The van der Waals surface area contributed by atoms with Gasteiger partial charge in [-0.2, -0.15) is 0 Å². The van der Waals surface area contributed by atoms with Crippen molar-refractivity contribution >= 4 is 5.82 Å². The number of aryl methyl sites for hydroxylation is 1. The second kappa shape index (κ2) is 6.17. The number of hydrogen-bond acceptors (Lipinski definition) is 3. The summed E-state index contributed by atoms with van der Waals surface area (Å²) in [5.74, 6) is 3.54. The van der Waals surface area contributed by atoms with Gasteiger partial charge < -0.3 is 5.32 Å². The first-order valence-electron chi connectivity index (χ1n) is 7.32. The fourth-order valence-corrected chi connectivity index (χ4v) is 2.84. The predicted octanol–water partition coefficient (Wildman–Crippen LogP) is 3.76. The molecule has 1 saturated carbocycles. The van der Waals surface area contributed by atoms with Gasteiger partial charge in [0.05, 0.1) is 0 Å². The predicted molar refractivity (Wildman–Crippen MR) is 75.9 cm³/mol. The van der Waals surface area contributed by atoms with Gasteiger partial charge in [-0.25, -0.2) is 9.97 Å². The molecule has 0 radical (unpaired) electrons. The van der Waals surface area contributed by atoms with Crippen LogP contribution >= 0.6 is 0 Å². The van der Waals surface area contributed by atoms with Gasteiger partial charge in [0.25, 0.3) is 0 Å². The largest absolute Gasteiger partial charge is 0.373 e. The first kappa shape index (κ1) is 13.3. The van der Waals surface area contributed by atoms with Crippen molar-refractivity contribution in [2.24, 2.45) is 5.92 Å². The third kappa shape index (κ3) is 3.01. The smallest absolute Gasteiger partial charge is 0.134 e. The molecular weight excluding hydrogens is 222 g/mol. The van der Waals surface area contributed by atoms with Gasteiger partial charge in [0.15, 0.2) is 0 Å². The molecular formula is C15H25N3. The Labute approximate surface area is 110 Å². The summed E-state index contributed by atoms with van der Waals surface area (Å²) in [5, 5.41) is 3.15. The summed E-state index contributed by atoms with van der Waals surface area (Å²) in [5.41, 5.74) is 1.15. The van der Waals surface area contributed by atoms with Crippen molar-refractivity contribution in [3.05, 3.63) is 17.6 Å². The van der Waals surface area contributed by atoms with E-state index in [4.69, 9.17) is 4.98 Å². The molecule has 0 spiro atoms. The van der Waals surface area contributed by atoms with Gasteiger partial charge in [0.1, 0.15) is 11.6 Å². The van der Waals surface area contributed by atoms with Gasteiger partial charge in [-0.15, -0.1) is 0 Å². The fraction of sp³-hybridized carbons (Fsp3) is 0.733. The maximum absolute atomic E-state index is 4.72. The standard InChI is InChI=1S/C15H25N3/c1-4-11-6-8-12(9-7-11)15-17-13(5-2)10-14(16-3)18-15/h10-12H,4-9H2,1-3H3,(H,16,17,18). The third-order valence-electron chi connectivity index (χ3n) is 4.20. The van der Waals surface area contributed by atoms with Crippen LogP contribution in [-0.4, -0.2) is 17.0 Å². The molecule has 3 heteroatoms. The quantitative estimate of drug-likeness (QED) is 0.880. The molecule has 0 atom stereocenters. The van der Waals surface area contributed by atoms with E-state index in [2.05, 4.69) is 30.2 Å². The molecule has 0 aromatic carbocycles. The fourth-order valence-electron chi connectivity index (χ4n) is 2.84. The number of hydrogen-bond donors (Lipinski definition) is 1. The summed E-state index contributed by atoms with van der Waals surface area (Å²) in [6.45, 7) is 4.46. The van der Waals surface area contributed by atoms with Crippen molar-refractivity contribution in [3.63, 3.8) is 0 Å². The van der Waals surface area contributed by atoms with Gasteiger partial charge >= 0.3 is 0 Å². The third-order valence-corrected chi connectivity index (χ3v) is 4.20. The van der Waals surface area contributed by atoms with Crippen molar-refractivity contribution in [1.29, 1.82) is 0 Å². The summed E-state index contributed by atoms with van der Waals surface area (Å²) in [4.78, 5) is 9.38. The Morgan fingerprint density at radius 3 is 2.44 bits per heavy atom. The molecule has 100 valence electrons. The first-order chi connectivity index (χ1) is 8.76. The van der Waals surface area contributed by atoms with Crippen LogP contribution in [0.5, 0.6) is 0 Å². The normalized spacial score (nSPS) is 23.9. The zero-order valence-corrected chi connectivity index (χ0v) is 11.9. The number of anilines is 1. The topological polar surface area (TPSA) is 37.8 Å². The average Bonchev–Trinajstić information content (AvgIpc) is 2.46. The highest BCUT2D eigenvalue weighted by molar-refractivity contribution is 5.35. The van der Waals surface area contributed by atoms with Crippen LogP contribution in [0.4, 0.5) is 5.82 Å². The molecule has 0 saturated heterocycles. The molecule has 1 heterocycles. The SMILES string of the molecule is CCc1cc(NC)nc(C2CCC(CC)CC2)n1. The lowest BCUT2D eigenvalue weighted by Crippen LogP contribution is -2.16. The van der Waals surface area contributed by atoms with Crippen LogP contribution < -0.4 is 5.32 Å². The minimum Gasteiger partial charge on any atom is -0.373 e. The monoisotopic (exact) mass is 247 g/mol. The maximum Gasteiger partial charge on any atom is 0.134 e. The highest BCUT2D eigenvalue weighted by Gasteiger charge is 2.23. The van der Waals surface area contributed by atoms with Crippen LogP contribution in [-0.2, 0) is 6.42 Å². The molecule has 1 fully saturated rings. The summed E-state index contributed by atoms with van der Waals surface area (Å²) in [6, 6.07) is 2.06. The van der Waals surface area contributed by atoms with E-state index >= 15 is 0 Å². The zero-order valence-electron chi connectivity index (χ0n) is 11.9. The molecule has 18 heavy (non-hydrogen) atoms. The molecule has 0 unspecified atom stereocenters. The van der Waals surface area contributed by atoms with Gasteiger partial charge in [-0.05, 0) is 38.0 Å². The Morgan fingerprint density at radius 1 is 1.17 bits per heavy atom. The lowest BCUT2D eigenvalue weighted by Gasteiger charge is -2.27. The van der Waals surface area contributed by atoms with Crippen molar-refractivity contribution in [1.82, 2.24) is 9.97 Å². The molecule has 2 rings (SSSR count). The summed E-state index contributed by atoms with van der Waals surface area (Å²) in [7, 11) is 1.93. The average molecular weight is 247 g/mol.